The van der Waals surface area contributed by atoms with Gasteiger partial charge in [-0.15, -0.1) is 5.10 Å². The molecule has 0 aliphatic heterocycles. The molecule has 0 radical (unpaired) electrons. The maximum absolute atomic E-state index is 13.0. The van der Waals surface area contributed by atoms with Gasteiger partial charge < -0.3 is 11.1 Å². The molecule has 8 heteroatoms. The summed E-state index contributed by atoms with van der Waals surface area (Å²) in [6.07, 6.45) is 6.92. The maximum atomic E-state index is 13.0. The van der Waals surface area contributed by atoms with Crippen molar-refractivity contribution < 1.29 is 4.79 Å². The second-order valence-corrected chi connectivity index (χ2v) is 7.53. The molecule has 1 heterocycles. The fourth-order valence-corrected chi connectivity index (χ4v) is 4.59. The maximum Gasteiger partial charge on any atom is 0.253 e. The standard InChI is InChI=1S/C17H21ClN6O/c18-12-4-5-15(24-9-20-22-23-24)14(8-12)17(25)21-16-10-2-1-3-11(16)7-13(19)6-10/h4-5,8-11,13,16H,1-3,6-7,19H2,(H,21,25). The Balaban J connectivity index is 1.60. The molecule has 4 rings (SSSR count). The summed E-state index contributed by atoms with van der Waals surface area (Å²) in [5.41, 5.74) is 7.28. The fraction of sp³-hybridized carbons (Fsp3) is 0.529. The zero-order valence-corrected chi connectivity index (χ0v) is 14.6. The van der Waals surface area contributed by atoms with E-state index in [2.05, 4.69) is 20.8 Å². The highest BCUT2D eigenvalue weighted by Crippen LogP contribution is 2.39. The van der Waals surface area contributed by atoms with Crippen LogP contribution in [0.25, 0.3) is 5.69 Å². The minimum atomic E-state index is -0.134. The molecule has 0 saturated heterocycles. The third-order valence-electron chi connectivity index (χ3n) is 5.47. The molecule has 1 aromatic heterocycles. The first-order valence-electron chi connectivity index (χ1n) is 8.71. The quantitative estimate of drug-likeness (QED) is 0.871. The molecule has 1 aromatic carbocycles. The number of amides is 1. The van der Waals surface area contributed by atoms with E-state index in [4.69, 9.17) is 17.3 Å². The first kappa shape index (κ1) is 16.5. The van der Waals surface area contributed by atoms with Gasteiger partial charge in [0.15, 0.2) is 0 Å². The largest absolute Gasteiger partial charge is 0.349 e. The van der Waals surface area contributed by atoms with E-state index < -0.39 is 0 Å². The van der Waals surface area contributed by atoms with Crippen molar-refractivity contribution >= 4 is 17.5 Å². The normalized spacial score (nSPS) is 28.6. The molecular weight excluding hydrogens is 340 g/mol. The second-order valence-electron chi connectivity index (χ2n) is 7.10. The summed E-state index contributed by atoms with van der Waals surface area (Å²) in [6.45, 7) is 0. The van der Waals surface area contributed by atoms with Gasteiger partial charge in [-0.25, -0.2) is 0 Å². The number of benzene rings is 1. The van der Waals surface area contributed by atoms with Gasteiger partial charge in [0.05, 0.1) is 11.3 Å². The molecule has 2 saturated carbocycles. The van der Waals surface area contributed by atoms with Crippen molar-refractivity contribution in [3.05, 3.63) is 35.1 Å². The van der Waals surface area contributed by atoms with E-state index in [0.717, 1.165) is 25.7 Å². The molecule has 2 atom stereocenters. The summed E-state index contributed by atoms with van der Waals surface area (Å²) in [5.74, 6) is 0.787. The van der Waals surface area contributed by atoms with Crippen molar-refractivity contribution in [2.24, 2.45) is 17.6 Å². The van der Waals surface area contributed by atoms with Gasteiger partial charge in [-0.2, -0.15) is 4.68 Å². The van der Waals surface area contributed by atoms with E-state index in [1.165, 1.54) is 17.4 Å². The van der Waals surface area contributed by atoms with Crippen LogP contribution in [-0.4, -0.2) is 38.2 Å². The van der Waals surface area contributed by atoms with Gasteiger partial charge in [0.1, 0.15) is 6.33 Å². The lowest BCUT2D eigenvalue weighted by Crippen LogP contribution is -2.53. The molecule has 7 nitrogen and oxygen atoms in total. The number of tetrazole rings is 1. The number of carbonyl (C=O) groups is 1. The summed E-state index contributed by atoms with van der Waals surface area (Å²) in [7, 11) is 0. The molecular formula is C17H21ClN6O. The van der Waals surface area contributed by atoms with Gasteiger partial charge in [-0.05, 0) is 66.1 Å². The number of rotatable bonds is 3. The van der Waals surface area contributed by atoms with E-state index >= 15 is 0 Å². The van der Waals surface area contributed by atoms with E-state index in [0.29, 0.717) is 28.1 Å². The highest BCUT2D eigenvalue weighted by atomic mass is 35.5. The Hall–Kier alpha value is -1.99. The van der Waals surface area contributed by atoms with Crippen LogP contribution in [0, 0.1) is 11.8 Å². The second kappa shape index (κ2) is 6.72. The molecule has 25 heavy (non-hydrogen) atoms. The van der Waals surface area contributed by atoms with Gasteiger partial charge in [0.25, 0.3) is 5.91 Å². The minimum absolute atomic E-state index is 0.134. The summed E-state index contributed by atoms with van der Waals surface area (Å²) in [5, 5.41) is 14.9. The van der Waals surface area contributed by atoms with Crippen LogP contribution in [0.1, 0.15) is 42.5 Å². The number of nitrogens with zero attached hydrogens (tertiary/aromatic N) is 4. The fourth-order valence-electron chi connectivity index (χ4n) is 4.42. The average Bonchev–Trinajstić information content (AvgIpc) is 3.10. The number of aromatic nitrogens is 4. The van der Waals surface area contributed by atoms with Crippen LogP contribution in [0.2, 0.25) is 5.02 Å². The summed E-state index contributed by atoms with van der Waals surface area (Å²) >= 11 is 6.12. The predicted octanol–water partition coefficient (Wildman–Crippen LogP) is 1.95. The highest BCUT2D eigenvalue weighted by Gasteiger charge is 2.40. The first-order chi connectivity index (χ1) is 12.1. The Labute approximate surface area is 150 Å². The number of nitrogens with two attached hydrogens (primary N) is 1. The minimum Gasteiger partial charge on any atom is -0.349 e. The Morgan fingerprint density at radius 2 is 2.04 bits per heavy atom. The molecule has 2 aliphatic carbocycles. The van der Waals surface area contributed by atoms with E-state index in [9.17, 15) is 4.79 Å². The van der Waals surface area contributed by atoms with Crippen LogP contribution < -0.4 is 11.1 Å². The molecule has 2 aromatic rings. The summed E-state index contributed by atoms with van der Waals surface area (Å²) < 4.78 is 1.48. The predicted molar refractivity (Wildman–Crippen MR) is 93.5 cm³/mol. The molecule has 2 aliphatic rings. The van der Waals surface area contributed by atoms with Crippen LogP contribution in [0.3, 0.4) is 0 Å². The number of fused-ring (bicyclic) bond motifs is 2. The first-order valence-corrected chi connectivity index (χ1v) is 9.09. The van der Waals surface area contributed by atoms with Crippen LogP contribution >= 0.6 is 11.6 Å². The number of hydrogen-bond acceptors (Lipinski definition) is 5. The Bertz CT molecular complexity index is 751. The van der Waals surface area contributed by atoms with E-state index in [1.807, 2.05) is 0 Å². The van der Waals surface area contributed by atoms with Crippen LogP contribution in [0.15, 0.2) is 24.5 Å². The lowest BCUT2D eigenvalue weighted by Gasteiger charge is -2.45. The van der Waals surface area contributed by atoms with E-state index in [1.54, 1.807) is 18.2 Å². The molecule has 3 N–H and O–H groups in total. The third kappa shape index (κ3) is 3.26. The molecule has 2 unspecified atom stereocenters. The van der Waals surface area contributed by atoms with E-state index in [-0.39, 0.29) is 18.0 Å². The lowest BCUT2D eigenvalue weighted by atomic mass is 9.67. The van der Waals surface area contributed by atoms with Crippen molar-refractivity contribution in [2.45, 2.75) is 44.2 Å². The Morgan fingerprint density at radius 1 is 1.28 bits per heavy atom. The van der Waals surface area contributed by atoms with Gasteiger partial charge in [-0.3, -0.25) is 4.79 Å². The van der Waals surface area contributed by atoms with Crippen molar-refractivity contribution in [1.29, 1.82) is 0 Å². The number of carbonyl (C=O) groups excluding carboxylic acids is 1. The zero-order valence-electron chi connectivity index (χ0n) is 13.8. The smallest absolute Gasteiger partial charge is 0.253 e. The van der Waals surface area contributed by atoms with Crippen molar-refractivity contribution in [3.8, 4) is 5.69 Å². The molecule has 132 valence electrons. The van der Waals surface area contributed by atoms with Crippen molar-refractivity contribution in [3.63, 3.8) is 0 Å². The van der Waals surface area contributed by atoms with Crippen LogP contribution in [-0.2, 0) is 0 Å². The number of halogens is 1. The zero-order chi connectivity index (χ0) is 17.4. The monoisotopic (exact) mass is 360 g/mol. The van der Waals surface area contributed by atoms with Crippen molar-refractivity contribution in [2.75, 3.05) is 0 Å². The summed E-state index contributed by atoms with van der Waals surface area (Å²) in [6, 6.07) is 5.58. The topological polar surface area (TPSA) is 98.7 Å². The Morgan fingerprint density at radius 3 is 2.72 bits per heavy atom. The van der Waals surface area contributed by atoms with Gasteiger partial charge in [-0.1, -0.05) is 18.0 Å². The number of nitrogens with one attached hydrogen (secondary N) is 1. The van der Waals surface area contributed by atoms with Crippen LogP contribution in [0.5, 0.6) is 0 Å². The van der Waals surface area contributed by atoms with Gasteiger partial charge >= 0.3 is 0 Å². The lowest BCUT2D eigenvalue weighted by molar-refractivity contribution is 0.0756. The highest BCUT2D eigenvalue weighted by molar-refractivity contribution is 6.31. The summed E-state index contributed by atoms with van der Waals surface area (Å²) in [4.78, 5) is 13.0. The average molecular weight is 361 g/mol. The third-order valence-corrected chi connectivity index (χ3v) is 5.71. The van der Waals surface area contributed by atoms with Crippen molar-refractivity contribution in [1.82, 2.24) is 25.5 Å². The van der Waals surface area contributed by atoms with Crippen LogP contribution in [0.4, 0.5) is 0 Å². The molecule has 2 bridgehead atoms. The Kier molecular flexibility index (Phi) is 4.43. The molecule has 0 spiro atoms. The van der Waals surface area contributed by atoms with Gasteiger partial charge in [0.2, 0.25) is 0 Å². The van der Waals surface area contributed by atoms with Gasteiger partial charge in [0, 0.05) is 17.1 Å². The molecule has 2 fully saturated rings. The number of hydrogen-bond donors (Lipinski definition) is 2. The molecule has 1 amide bonds. The SMILES string of the molecule is NC1CC2CCCC(C1)C2NC(=O)c1cc(Cl)ccc1-n1cnnn1.